The molecule has 92 valence electrons. The van der Waals surface area contributed by atoms with Gasteiger partial charge in [0.25, 0.3) is 0 Å². The van der Waals surface area contributed by atoms with E-state index in [1.54, 1.807) is 19.2 Å². The minimum atomic E-state index is 0.580. The number of hydrogen-bond acceptors (Lipinski definition) is 4. The van der Waals surface area contributed by atoms with Crippen LogP contribution in [0.2, 0.25) is 4.34 Å². The zero-order valence-electron chi connectivity index (χ0n) is 9.74. The summed E-state index contributed by atoms with van der Waals surface area (Å²) in [6, 6.07) is 11.2. The molecule has 0 aliphatic heterocycles. The third-order valence-corrected chi connectivity index (χ3v) is 3.64. The van der Waals surface area contributed by atoms with E-state index in [2.05, 4.69) is 11.4 Å². The fourth-order valence-electron chi connectivity index (χ4n) is 1.54. The molecule has 18 heavy (non-hydrogen) atoms. The number of nitriles is 1. The molecule has 0 saturated carbocycles. The van der Waals surface area contributed by atoms with Gasteiger partial charge in [-0.3, -0.25) is 0 Å². The van der Waals surface area contributed by atoms with Gasteiger partial charge in [-0.25, -0.2) is 0 Å². The van der Waals surface area contributed by atoms with Crippen LogP contribution in [0.3, 0.4) is 0 Å². The first-order valence-corrected chi connectivity index (χ1v) is 6.48. The molecule has 0 saturated heterocycles. The molecule has 0 bridgehead atoms. The lowest BCUT2D eigenvalue weighted by Crippen LogP contribution is -2.00. The second-order valence-electron chi connectivity index (χ2n) is 3.59. The minimum Gasteiger partial charge on any atom is -0.495 e. The van der Waals surface area contributed by atoms with Crippen LogP contribution in [-0.2, 0) is 6.54 Å². The second kappa shape index (κ2) is 5.76. The first kappa shape index (κ1) is 12.7. The topological polar surface area (TPSA) is 45.0 Å². The molecule has 0 unspecified atom stereocenters. The number of ether oxygens (including phenoxy) is 1. The summed E-state index contributed by atoms with van der Waals surface area (Å²) in [5.41, 5.74) is 1.44. The molecular weight excluding hydrogens is 268 g/mol. The number of nitrogens with zero attached hydrogens (tertiary/aromatic N) is 1. The quantitative estimate of drug-likeness (QED) is 0.923. The molecular formula is C13H11ClN2OS. The second-order valence-corrected chi connectivity index (χ2v) is 5.39. The van der Waals surface area contributed by atoms with Gasteiger partial charge in [0.1, 0.15) is 5.75 Å². The van der Waals surface area contributed by atoms with E-state index in [0.717, 1.165) is 14.9 Å². The summed E-state index contributed by atoms with van der Waals surface area (Å²) in [5.74, 6) is 0.664. The van der Waals surface area contributed by atoms with Crippen molar-refractivity contribution < 1.29 is 4.74 Å². The molecule has 0 radical (unpaired) electrons. The van der Waals surface area contributed by atoms with Crippen LogP contribution >= 0.6 is 22.9 Å². The van der Waals surface area contributed by atoms with Crippen LogP contribution in [0, 0.1) is 11.3 Å². The highest BCUT2D eigenvalue weighted by atomic mass is 35.5. The zero-order valence-corrected chi connectivity index (χ0v) is 11.3. The lowest BCUT2D eigenvalue weighted by molar-refractivity contribution is 0.416. The normalized spacial score (nSPS) is 9.83. The van der Waals surface area contributed by atoms with Gasteiger partial charge in [-0.1, -0.05) is 11.6 Å². The third kappa shape index (κ3) is 2.95. The van der Waals surface area contributed by atoms with E-state index in [1.807, 2.05) is 18.2 Å². The molecule has 2 rings (SSSR count). The Morgan fingerprint density at radius 2 is 2.22 bits per heavy atom. The summed E-state index contributed by atoms with van der Waals surface area (Å²) >= 11 is 7.41. The molecule has 0 spiro atoms. The monoisotopic (exact) mass is 278 g/mol. The van der Waals surface area contributed by atoms with Gasteiger partial charge in [-0.05, 0) is 24.3 Å². The van der Waals surface area contributed by atoms with Gasteiger partial charge in [0.2, 0.25) is 0 Å². The van der Waals surface area contributed by atoms with Crippen LogP contribution in [0.5, 0.6) is 5.75 Å². The van der Waals surface area contributed by atoms with Crippen molar-refractivity contribution in [2.24, 2.45) is 0 Å². The fraction of sp³-hybridized carbons (Fsp3) is 0.154. The van der Waals surface area contributed by atoms with Crippen molar-refractivity contribution in [1.29, 1.82) is 5.26 Å². The molecule has 1 N–H and O–H groups in total. The van der Waals surface area contributed by atoms with E-state index in [4.69, 9.17) is 21.6 Å². The molecule has 5 heteroatoms. The summed E-state index contributed by atoms with van der Waals surface area (Å²) in [6.07, 6.45) is 0. The van der Waals surface area contributed by atoms with Crippen LogP contribution in [0.4, 0.5) is 5.69 Å². The molecule has 0 amide bonds. The highest BCUT2D eigenvalue weighted by molar-refractivity contribution is 7.16. The van der Waals surface area contributed by atoms with Gasteiger partial charge in [-0.2, -0.15) is 5.26 Å². The summed E-state index contributed by atoms with van der Waals surface area (Å²) in [7, 11) is 1.59. The Hall–Kier alpha value is -1.70. The van der Waals surface area contributed by atoms with Gasteiger partial charge in [0, 0.05) is 17.5 Å². The Bertz CT molecular complexity index is 589. The number of thiophene rings is 1. The minimum absolute atomic E-state index is 0.580. The van der Waals surface area contributed by atoms with Crippen molar-refractivity contribution in [3.05, 3.63) is 45.1 Å². The highest BCUT2D eigenvalue weighted by Crippen LogP contribution is 2.27. The van der Waals surface area contributed by atoms with E-state index >= 15 is 0 Å². The molecule has 0 atom stereocenters. The first-order chi connectivity index (χ1) is 8.72. The molecule has 1 aromatic carbocycles. The summed E-state index contributed by atoms with van der Waals surface area (Å²) in [4.78, 5) is 1.14. The molecule has 2 aromatic rings. The fourth-order valence-corrected chi connectivity index (χ4v) is 2.56. The number of rotatable bonds is 4. The number of nitrogens with one attached hydrogen (secondary N) is 1. The van der Waals surface area contributed by atoms with Crippen LogP contribution in [0.1, 0.15) is 10.4 Å². The zero-order chi connectivity index (χ0) is 13.0. The standard InChI is InChI=1S/C13H11ClN2OS/c1-17-12-6-9(7-15)2-4-11(12)16-8-10-3-5-13(14)18-10/h2-6,16H,8H2,1H3. The average molecular weight is 279 g/mol. The Kier molecular flexibility index (Phi) is 4.08. The Morgan fingerprint density at radius 3 is 2.83 bits per heavy atom. The number of halogens is 1. The van der Waals surface area contributed by atoms with Gasteiger partial charge in [0.05, 0.1) is 28.8 Å². The SMILES string of the molecule is COc1cc(C#N)ccc1NCc1ccc(Cl)s1. The van der Waals surface area contributed by atoms with Gasteiger partial charge < -0.3 is 10.1 Å². The number of methoxy groups -OCH3 is 1. The Morgan fingerprint density at radius 1 is 1.39 bits per heavy atom. The summed E-state index contributed by atoms with van der Waals surface area (Å²) < 4.78 is 6.02. The van der Waals surface area contributed by atoms with Crippen LogP contribution in [-0.4, -0.2) is 7.11 Å². The van der Waals surface area contributed by atoms with Gasteiger partial charge in [-0.15, -0.1) is 11.3 Å². The molecule has 0 aliphatic carbocycles. The van der Waals surface area contributed by atoms with Crippen LogP contribution in [0.15, 0.2) is 30.3 Å². The number of benzene rings is 1. The Balaban J connectivity index is 2.12. The predicted molar refractivity (Wildman–Crippen MR) is 74.4 cm³/mol. The maximum Gasteiger partial charge on any atom is 0.143 e. The molecule has 1 aromatic heterocycles. The van der Waals surface area contributed by atoms with Crippen molar-refractivity contribution in [1.82, 2.24) is 0 Å². The third-order valence-electron chi connectivity index (χ3n) is 2.41. The summed E-state index contributed by atoms with van der Waals surface area (Å²) in [5, 5.41) is 12.1. The average Bonchev–Trinajstić information content (AvgIpc) is 2.82. The van der Waals surface area contributed by atoms with E-state index in [9.17, 15) is 0 Å². The maximum atomic E-state index is 8.82. The number of anilines is 1. The van der Waals surface area contributed by atoms with Crippen molar-refractivity contribution in [2.45, 2.75) is 6.54 Å². The molecule has 0 aliphatic rings. The lowest BCUT2D eigenvalue weighted by atomic mass is 10.2. The Labute approximate surface area is 115 Å². The van der Waals surface area contributed by atoms with Gasteiger partial charge >= 0.3 is 0 Å². The van der Waals surface area contributed by atoms with E-state index in [1.165, 1.54) is 11.3 Å². The molecule has 3 nitrogen and oxygen atoms in total. The lowest BCUT2D eigenvalue weighted by Gasteiger charge is -2.10. The van der Waals surface area contributed by atoms with Gasteiger partial charge in [0.15, 0.2) is 0 Å². The first-order valence-electron chi connectivity index (χ1n) is 5.29. The van der Waals surface area contributed by atoms with E-state index < -0.39 is 0 Å². The summed E-state index contributed by atoms with van der Waals surface area (Å²) in [6.45, 7) is 0.680. The predicted octanol–water partition coefficient (Wildman–Crippen LogP) is 3.89. The largest absolute Gasteiger partial charge is 0.495 e. The smallest absolute Gasteiger partial charge is 0.143 e. The van der Waals surface area contributed by atoms with Crippen LogP contribution < -0.4 is 10.1 Å². The van der Waals surface area contributed by atoms with E-state index in [-0.39, 0.29) is 0 Å². The van der Waals surface area contributed by atoms with E-state index in [0.29, 0.717) is 17.9 Å². The molecule has 0 fully saturated rings. The maximum absolute atomic E-state index is 8.82. The van der Waals surface area contributed by atoms with Crippen molar-refractivity contribution in [3.63, 3.8) is 0 Å². The molecule has 1 heterocycles. The van der Waals surface area contributed by atoms with Crippen molar-refractivity contribution >= 4 is 28.6 Å². The highest BCUT2D eigenvalue weighted by Gasteiger charge is 2.05. The van der Waals surface area contributed by atoms with Crippen molar-refractivity contribution in [2.75, 3.05) is 12.4 Å². The van der Waals surface area contributed by atoms with Crippen molar-refractivity contribution in [3.8, 4) is 11.8 Å². The number of hydrogen-bond donors (Lipinski definition) is 1. The van der Waals surface area contributed by atoms with Crippen LogP contribution in [0.25, 0.3) is 0 Å².